The minimum Gasteiger partial charge on any atom is -0.478 e. The van der Waals surface area contributed by atoms with Gasteiger partial charge in [0.15, 0.2) is 0 Å². The Bertz CT molecular complexity index is 1610. The number of imidazole rings is 1. The van der Waals surface area contributed by atoms with Gasteiger partial charge in [-0.2, -0.15) is 5.26 Å². The molecule has 4 heterocycles. The maximum atomic E-state index is 14.2. The number of hydrogen-bond acceptors (Lipinski definition) is 7. The van der Waals surface area contributed by atoms with E-state index in [1.807, 2.05) is 18.2 Å². The number of fused-ring (bicyclic) bond motifs is 3. The van der Waals surface area contributed by atoms with Gasteiger partial charge in [-0.25, -0.2) is 19.2 Å². The number of hydrogen-bond donors (Lipinski definition) is 1. The van der Waals surface area contributed by atoms with Gasteiger partial charge in [0.05, 0.1) is 47.5 Å². The molecule has 0 bridgehead atoms. The van der Waals surface area contributed by atoms with Crippen molar-refractivity contribution in [2.75, 3.05) is 26.3 Å². The summed E-state index contributed by atoms with van der Waals surface area (Å²) in [7, 11) is 0. The van der Waals surface area contributed by atoms with Gasteiger partial charge < -0.3 is 19.1 Å². The van der Waals surface area contributed by atoms with Crippen LogP contribution in [0.3, 0.4) is 0 Å². The van der Waals surface area contributed by atoms with E-state index in [2.05, 4.69) is 9.47 Å². The molecule has 10 heteroatoms. The smallest absolute Gasteiger partial charge is 0.335 e. The van der Waals surface area contributed by atoms with Crippen molar-refractivity contribution in [3.63, 3.8) is 0 Å². The Balaban J connectivity index is 1.13. The zero-order chi connectivity index (χ0) is 27.6. The van der Waals surface area contributed by atoms with Gasteiger partial charge in [0.25, 0.3) is 0 Å². The molecule has 0 amide bonds. The number of halogens is 1. The highest BCUT2D eigenvalue weighted by molar-refractivity contribution is 5.92. The molecule has 40 heavy (non-hydrogen) atoms. The van der Waals surface area contributed by atoms with Gasteiger partial charge in [0, 0.05) is 29.8 Å². The standard InChI is InChI=1S/C30H28FN5O4/c31-23-14-19(16-32)4-5-22(23)17-40-28-3-1-2-24(33-28)20-8-10-35(11-9-20)27-18-39-13-12-36-26-15-21(30(37)38)6-7-25(26)34-29(27)36/h1-7,14-15,20,27H,8-13,17-18H2,(H,37,38)/t27-/m1/s1. The number of ether oxygens (including phenoxy) is 2. The fourth-order valence-corrected chi connectivity index (χ4v) is 5.59. The topological polar surface area (TPSA) is 114 Å². The summed E-state index contributed by atoms with van der Waals surface area (Å²) in [5.41, 5.74) is 3.45. The number of carboxylic acid groups (broad SMARTS) is 1. The van der Waals surface area contributed by atoms with E-state index in [0.717, 1.165) is 48.5 Å². The number of aromatic nitrogens is 3. The number of rotatable bonds is 6. The van der Waals surface area contributed by atoms with Crippen LogP contribution in [0.25, 0.3) is 11.0 Å². The number of pyridine rings is 1. The molecule has 1 saturated heterocycles. The van der Waals surface area contributed by atoms with Gasteiger partial charge in [-0.15, -0.1) is 0 Å². The van der Waals surface area contributed by atoms with Crippen molar-refractivity contribution in [3.05, 3.63) is 88.6 Å². The molecule has 1 fully saturated rings. The minimum absolute atomic E-state index is 0.0194. The largest absolute Gasteiger partial charge is 0.478 e. The van der Waals surface area contributed by atoms with Crippen molar-refractivity contribution < 1.29 is 23.8 Å². The third-order valence-corrected chi connectivity index (χ3v) is 7.75. The SMILES string of the molecule is N#Cc1ccc(COc2cccc(C3CCN([C@@H]4COCCn5c4nc4ccc(C(=O)O)cc45)CC3)n2)c(F)c1. The molecule has 204 valence electrons. The quantitative estimate of drug-likeness (QED) is 0.375. The highest BCUT2D eigenvalue weighted by atomic mass is 19.1. The summed E-state index contributed by atoms with van der Waals surface area (Å²) >= 11 is 0. The van der Waals surface area contributed by atoms with Crippen LogP contribution in [0.4, 0.5) is 4.39 Å². The number of nitriles is 1. The lowest BCUT2D eigenvalue weighted by Crippen LogP contribution is -2.38. The zero-order valence-corrected chi connectivity index (χ0v) is 21.8. The number of nitrogens with zero attached hydrogens (tertiary/aromatic N) is 5. The average Bonchev–Trinajstić information content (AvgIpc) is 3.20. The lowest BCUT2D eigenvalue weighted by Gasteiger charge is -2.36. The Morgan fingerprint density at radius 2 is 1.98 bits per heavy atom. The number of carboxylic acids is 1. The first-order chi connectivity index (χ1) is 19.5. The first-order valence-corrected chi connectivity index (χ1v) is 13.3. The van der Waals surface area contributed by atoms with Crippen LogP contribution in [0.1, 0.15) is 57.8 Å². The van der Waals surface area contributed by atoms with Gasteiger partial charge >= 0.3 is 5.97 Å². The van der Waals surface area contributed by atoms with Gasteiger partial charge in [-0.1, -0.05) is 12.1 Å². The summed E-state index contributed by atoms with van der Waals surface area (Å²) in [5, 5.41) is 18.4. The molecule has 4 aromatic rings. The average molecular weight is 542 g/mol. The molecular formula is C30H28FN5O4. The summed E-state index contributed by atoms with van der Waals surface area (Å²) in [4.78, 5) is 23.5. The van der Waals surface area contributed by atoms with Gasteiger partial charge in [0.1, 0.15) is 18.2 Å². The van der Waals surface area contributed by atoms with Crippen LogP contribution in [-0.2, 0) is 17.9 Å². The number of piperidine rings is 1. The second-order valence-corrected chi connectivity index (χ2v) is 10.1. The van der Waals surface area contributed by atoms with Crippen LogP contribution in [0.5, 0.6) is 5.88 Å². The Hall–Kier alpha value is -4.33. The maximum Gasteiger partial charge on any atom is 0.335 e. The van der Waals surface area contributed by atoms with E-state index in [0.29, 0.717) is 31.2 Å². The highest BCUT2D eigenvalue weighted by Crippen LogP contribution is 2.34. The molecule has 2 aliphatic rings. The molecule has 1 atom stereocenters. The van der Waals surface area contributed by atoms with E-state index in [1.165, 1.54) is 6.07 Å². The molecule has 0 saturated carbocycles. The van der Waals surface area contributed by atoms with E-state index in [-0.39, 0.29) is 29.7 Å². The van der Waals surface area contributed by atoms with Crippen LogP contribution in [0, 0.1) is 17.1 Å². The van der Waals surface area contributed by atoms with E-state index in [1.54, 1.807) is 36.4 Å². The molecule has 2 aliphatic heterocycles. The van der Waals surface area contributed by atoms with Gasteiger partial charge in [0.2, 0.25) is 5.88 Å². The Labute approximate surface area is 230 Å². The monoisotopic (exact) mass is 541 g/mol. The molecule has 0 aliphatic carbocycles. The Morgan fingerprint density at radius 3 is 2.75 bits per heavy atom. The van der Waals surface area contributed by atoms with Crippen LogP contribution in [0.2, 0.25) is 0 Å². The molecule has 1 N–H and O–H groups in total. The predicted molar refractivity (Wildman–Crippen MR) is 143 cm³/mol. The number of benzene rings is 2. The molecule has 2 aromatic carbocycles. The summed E-state index contributed by atoms with van der Waals surface area (Å²) in [6.07, 6.45) is 1.81. The first kappa shape index (κ1) is 25.9. The van der Waals surface area contributed by atoms with Crippen molar-refractivity contribution in [1.29, 1.82) is 5.26 Å². The second kappa shape index (κ2) is 11.0. The Morgan fingerprint density at radius 1 is 1.12 bits per heavy atom. The van der Waals surface area contributed by atoms with Crippen molar-refractivity contribution in [1.82, 2.24) is 19.4 Å². The predicted octanol–water partition coefficient (Wildman–Crippen LogP) is 4.67. The van der Waals surface area contributed by atoms with E-state index in [9.17, 15) is 14.3 Å². The van der Waals surface area contributed by atoms with Crippen molar-refractivity contribution in [2.24, 2.45) is 0 Å². The fourth-order valence-electron chi connectivity index (χ4n) is 5.59. The molecular weight excluding hydrogens is 513 g/mol. The molecule has 2 aromatic heterocycles. The van der Waals surface area contributed by atoms with Crippen molar-refractivity contribution in [3.8, 4) is 11.9 Å². The van der Waals surface area contributed by atoms with Gasteiger partial charge in [-0.3, -0.25) is 4.90 Å². The number of carbonyl (C=O) groups is 1. The molecule has 0 spiro atoms. The normalized spacial score (nSPS) is 18.1. The minimum atomic E-state index is -0.953. The lowest BCUT2D eigenvalue weighted by molar-refractivity contribution is 0.0529. The highest BCUT2D eigenvalue weighted by Gasteiger charge is 2.32. The summed E-state index contributed by atoms with van der Waals surface area (Å²) in [6, 6.07) is 17.0. The zero-order valence-electron chi connectivity index (χ0n) is 21.8. The second-order valence-electron chi connectivity index (χ2n) is 10.1. The first-order valence-electron chi connectivity index (χ1n) is 13.3. The molecule has 0 unspecified atom stereocenters. The lowest BCUT2D eigenvalue weighted by atomic mass is 9.92. The van der Waals surface area contributed by atoms with Crippen LogP contribution in [-0.4, -0.2) is 56.8 Å². The number of likely N-dealkylation sites (tertiary alicyclic amines) is 1. The van der Waals surface area contributed by atoms with Crippen LogP contribution >= 0.6 is 0 Å². The fraction of sp³-hybridized carbons (Fsp3) is 0.333. The summed E-state index contributed by atoms with van der Waals surface area (Å²) in [6.45, 7) is 3.42. The Kier molecular flexibility index (Phi) is 7.15. The third-order valence-electron chi connectivity index (χ3n) is 7.75. The third kappa shape index (κ3) is 5.13. The number of aromatic carboxylic acids is 1. The van der Waals surface area contributed by atoms with Crippen molar-refractivity contribution in [2.45, 2.75) is 38.0 Å². The van der Waals surface area contributed by atoms with Crippen LogP contribution in [0.15, 0.2) is 54.6 Å². The summed E-state index contributed by atoms with van der Waals surface area (Å²) < 4.78 is 28.1. The van der Waals surface area contributed by atoms with E-state index >= 15 is 0 Å². The van der Waals surface area contributed by atoms with Gasteiger partial charge in [-0.05, 0) is 62.3 Å². The van der Waals surface area contributed by atoms with Crippen molar-refractivity contribution >= 4 is 17.0 Å². The molecule has 0 radical (unpaired) electrons. The summed E-state index contributed by atoms with van der Waals surface area (Å²) in [5.74, 6) is 0.189. The van der Waals surface area contributed by atoms with Crippen LogP contribution < -0.4 is 4.74 Å². The maximum absolute atomic E-state index is 14.2. The van der Waals surface area contributed by atoms with E-state index < -0.39 is 11.8 Å². The molecule has 6 rings (SSSR count). The molecule has 9 nitrogen and oxygen atoms in total. The van der Waals surface area contributed by atoms with E-state index in [4.69, 9.17) is 24.7 Å².